The molecule has 1 aliphatic carbocycles. The Bertz CT molecular complexity index is 1070. The summed E-state index contributed by atoms with van der Waals surface area (Å²) in [6.45, 7) is 0.296. The minimum absolute atomic E-state index is 0.0359. The molecule has 166 valence electrons. The third-order valence-corrected chi connectivity index (χ3v) is 5.68. The van der Waals surface area contributed by atoms with Gasteiger partial charge in [0.15, 0.2) is 11.6 Å². The molecule has 0 fully saturated rings. The average molecular weight is 435 g/mol. The van der Waals surface area contributed by atoms with Crippen molar-refractivity contribution in [1.29, 1.82) is 0 Å². The number of aliphatic hydroxyl groups is 2. The van der Waals surface area contributed by atoms with Crippen LogP contribution in [-0.4, -0.2) is 45.7 Å². The lowest BCUT2D eigenvalue weighted by molar-refractivity contribution is 0.0134. The van der Waals surface area contributed by atoms with Crippen LogP contribution in [0.4, 0.5) is 10.6 Å². The van der Waals surface area contributed by atoms with Crippen LogP contribution in [0.5, 0.6) is 5.75 Å². The number of pyridine rings is 1. The van der Waals surface area contributed by atoms with E-state index in [-0.39, 0.29) is 42.6 Å². The standard InChI is InChI=1S/C24H25N3O5/c25-23-21(29)11-14(12-27-23)22(30)20(28)9-10-26-24(31)32-13-19-17-7-3-1-5-15(17)16-6-2-4-8-18(16)19/h1-8,11-12,19-20,22,28-30H,9-10,13H2,(H2,25,27)(H,26,31). The van der Waals surface area contributed by atoms with Gasteiger partial charge in [0.1, 0.15) is 12.7 Å². The van der Waals surface area contributed by atoms with Gasteiger partial charge in [-0.15, -0.1) is 0 Å². The molecule has 0 spiro atoms. The molecule has 0 bridgehead atoms. The summed E-state index contributed by atoms with van der Waals surface area (Å²) in [6, 6.07) is 17.4. The number of nitrogens with zero attached hydrogens (tertiary/aromatic N) is 1. The van der Waals surface area contributed by atoms with Crippen molar-refractivity contribution in [2.45, 2.75) is 24.5 Å². The highest BCUT2D eigenvalue weighted by molar-refractivity contribution is 5.79. The van der Waals surface area contributed by atoms with Crippen molar-refractivity contribution in [3.8, 4) is 16.9 Å². The molecule has 4 rings (SSSR count). The number of ether oxygens (including phenoxy) is 1. The summed E-state index contributed by atoms with van der Waals surface area (Å²) in [4.78, 5) is 15.9. The monoisotopic (exact) mass is 435 g/mol. The zero-order valence-electron chi connectivity index (χ0n) is 17.3. The van der Waals surface area contributed by atoms with Gasteiger partial charge in [0, 0.05) is 24.2 Å². The highest BCUT2D eigenvalue weighted by Crippen LogP contribution is 2.44. The molecule has 0 saturated carbocycles. The Morgan fingerprint density at radius 2 is 1.72 bits per heavy atom. The van der Waals surface area contributed by atoms with Gasteiger partial charge in [-0.1, -0.05) is 48.5 Å². The SMILES string of the molecule is Nc1ncc(C(O)C(O)CCNC(=O)OCC2c3ccccc3-c3ccccc32)cc1O. The van der Waals surface area contributed by atoms with Crippen LogP contribution in [0, 0.1) is 0 Å². The molecule has 0 aliphatic heterocycles. The second-order valence-corrected chi connectivity index (χ2v) is 7.73. The first-order valence-electron chi connectivity index (χ1n) is 10.3. The molecular weight excluding hydrogens is 410 g/mol. The van der Waals surface area contributed by atoms with Crippen LogP contribution in [0.2, 0.25) is 0 Å². The number of hydrogen-bond acceptors (Lipinski definition) is 7. The Balaban J connectivity index is 1.28. The van der Waals surface area contributed by atoms with Crippen LogP contribution in [0.15, 0.2) is 60.8 Å². The number of benzene rings is 2. The lowest BCUT2D eigenvalue weighted by Crippen LogP contribution is -2.30. The summed E-state index contributed by atoms with van der Waals surface area (Å²) < 4.78 is 5.44. The van der Waals surface area contributed by atoms with E-state index in [2.05, 4.69) is 22.4 Å². The fourth-order valence-corrected chi connectivity index (χ4v) is 3.99. The van der Waals surface area contributed by atoms with E-state index in [0.717, 1.165) is 22.3 Å². The number of amides is 1. The van der Waals surface area contributed by atoms with Gasteiger partial charge in [-0.25, -0.2) is 9.78 Å². The number of hydrogen-bond donors (Lipinski definition) is 5. The van der Waals surface area contributed by atoms with E-state index >= 15 is 0 Å². The van der Waals surface area contributed by atoms with Crippen LogP contribution in [0.25, 0.3) is 11.1 Å². The van der Waals surface area contributed by atoms with Crippen LogP contribution in [-0.2, 0) is 4.74 Å². The first-order chi connectivity index (χ1) is 15.5. The van der Waals surface area contributed by atoms with E-state index in [0.29, 0.717) is 0 Å². The molecule has 2 aromatic carbocycles. The van der Waals surface area contributed by atoms with Gasteiger partial charge >= 0.3 is 6.09 Å². The topological polar surface area (TPSA) is 138 Å². The Kier molecular flexibility index (Phi) is 6.25. The highest BCUT2D eigenvalue weighted by atomic mass is 16.5. The number of carbonyl (C=O) groups excluding carboxylic acids is 1. The Hall–Kier alpha value is -3.62. The maximum absolute atomic E-state index is 12.2. The van der Waals surface area contributed by atoms with E-state index in [9.17, 15) is 20.1 Å². The van der Waals surface area contributed by atoms with Crippen molar-refractivity contribution in [1.82, 2.24) is 10.3 Å². The van der Waals surface area contributed by atoms with E-state index in [1.165, 1.54) is 12.3 Å². The Morgan fingerprint density at radius 1 is 1.09 bits per heavy atom. The normalized spacial score (nSPS) is 14.3. The van der Waals surface area contributed by atoms with Crippen LogP contribution in [0.3, 0.4) is 0 Å². The third kappa shape index (κ3) is 4.37. The maximum atomic E-state index is 12.2. The van der Waals surface area contributed by atoms with Gasteiger partial charge in [0.05, 0.1) is 6.10 Å². The predicted molar refractivity (Wildman–Crippen MR) is 119 cm³/mol. The number of nitrogens with one attached hydrogen (secondary N) is 1. The van der Waals surface area contributed by atoms with E-state index in [4.69, 9.17) is 10.5 Å². The predicted octanol–water partition coefficient (Wildman–Crippen LogP) is 2.69. The highest BCUT2D eigenvalue weighted by Gasteiger charge is 2.29. The molecule has 1 amide bonds. The number of anilines is 1. The van der Waals surface area contributed by atoms with E-state index < -0.39 is 18.3 Å². The second-order valence-electron chi connectivity index (χ2n) is 7.73. The number of aliphatic hydroxyl groups excluding tert-OH is 2. The van der Waals surface area contributed by atoms with Crippen LogP contribution >= 0.6 is 0 Å². The van der Waals surface area contributed by atoms with Crippen LogP contribution in [0.1, 0.15) is 35.1 Å². The number of aromatic hydroxyl groups is 1. The fourth-order valence-electron chi connectivity index (χ4n) is 3.99. The number of nitrogen functional groups attached to an aromatic ring is 1. The van der Waals surface area contributed by atoms with Gasteiger partial charge in [-0.2, -0.15) is 0 Å². The van der Waals surface area contributed by atoms with Gasteiger partial charge in [0.2, 0.25) is 0 Å². The number of carbonyl (C=O) groups is 1. The second kappa shape index (κ2) is 9.25. The van der Waals surface area contributed by atoms with Gasteiger partial charge in [-0.05, 0) is 34.7 Å². The summed E-state index contributed by atoms with van der Waals surface area (Å²) in [6.07, 6.45) is -1.69. The number of alkyl carbamates (subject to hydrolysis) is 1. The van der Waals surface area contributed by atoms with Crippen molar-refractivity contribution < 1.29 is 24.9 Å². The molecule has 6 N–H and O–H groups in total. The molecule has 2 unspecified atom stereocenters. The number of nitrogens with two attached hydrogens (primary N) is 1. The van der Waals surface area contributed by atoms with Gasteiger partial charge in [-0.3, -0.25) is 0 Å². The number of fused-ring (bicyclic) bond motifs is 3. The summed E-state index contributed by atoms with van der Waals surface area (Å²) in [5.41, 5.74) is 10.2. The molecular formula is C24H25N3O5. The van der Waals surface area contributed by atoms with Crippen molar-refractivity contribution >= 4 is 11.9 Å². The molecule has 8 nitrogen and oxygen atoms in total. The summed E-state index contributed by atoms with van der Waals surface area (Å²) in [5, 5.41) is 32.6. The molecule has 3 aromatic rings. The first kappa shape index (κ1) is 21.6. The largest absolute Gasteiger partial charge is 0.504 e. The minimum Gasteiger partial charge on any atom is -0.504 e. The van der Waals surface area contributed by atoms with Crippen molar-refractivity contribution in [3.05, 3.63) is 77.5 Å². The smallest absolute Gasteiger partial charge is 0.407 e. The zero-order chi connectivity index (χ0) is 22.7. The third-order valence-electron chi connectivity index (χ3n) is 5.68. The van der Waals surface area contributed by atoms with E-state index in [1.54, 1.807) is 0 Å². The molecule has 0 radical (unpaired) electrons. The molecule has 1 heterocycles. The fraction of sp³-hybridized carbons (Fsp3) is 0.250. The quantitative estimate of drug-likeness (QED) is 0.385. The molecule has 32 heavy (non-hydrogen) atoms. The molecule has 8 heteroatoms. The van der Waals surface area contributed by atoms with Gasteiger partial charge in [0.25, 0.3) is 0 Å². The zero-order valence-corrected chi connectivity index (χ0v) is 17.3. The Morgan fingerprint density at radius 3 is 2.34 bits per heavy atom. The van der Waals surface area contributed by atoms with Crippen LogP contribution < -0.4 is 11.1 Å². The molecule has 0 saturated heterocycles. The minimum atomic E-state index is -1.28. The average Bonchev–Trinajstić information content (AvgIpc) is 3.12. The van der Waals surface area contributed by atoms with Crippen molar-refractivity contribution in [3.63, 3.8) is 0 Å². The number of aromatic nitrogens is 1. The number of rotatable bonds is 7. The lowest BCUT2D eigenvalue weighted by Gasteiger charge is -2.19. The molecule has 1 aliphatic rings. The van der Waals surface area contributed by atoms with Crippen molar-refractivity contribution in [2.24, 2.45) is 0 Å². The summed E-state index contributed by atoms with van der Waals surface area (Å²) >= 11 is 0. The Labute approximate surface area is 185 Å². The molecule has 2 atom stereocenters. The lowest BCUT2D eigenvalue weighted by atomic mass is 9.98. The molecule has 1 aromatic heterocycles. The summed E-state index contributed by atoms with van der Waals surface area (Å²) in [7, 11) is 0. The first-order valence-corrected chi connectivity index (χ1v) is 10.3. The maximum Gasteiger partial charge on any atom is 0.407 e. The summed E-state index contributed by atoms with van der Waals surface area (Å²) in [5.74, 6) is -0.371. The van der Waals surface area contributed by atoms with E-state index in [1.807, 2.05) is 36.4 Å². The van der Waals surface area contributed by atoms with Gasteiger partial charge < -0.3 is 31.1 Å². The van der Waals surface area contributed by atoms with Crippen molar-refractivity contribution in [2.75, 3.05) is 18.9 Å².